The molecule has 2 heterocycles. The number of fused-ring (bicyclic) bond motifs is 1. The molecule has 120 valence electrons. The van der Waals surface area contributed by atoms with E-state index >= 15 is 0 Å². The van der Waals surface area contributed by atoms with Crippen molar-refractivity contribution in [3.8, 4) is 0 Å². The Hall–Kier alpha value is -1.13. The molecular formula is C18H26N2O2. The van der Waals surface area contributed by atoms with Gasteiger partial charge in [0.15, 0.2) is 0 Å². The van der Waals surface area contributed by atoms with Gasteiger partial charge in [0.05, 0.1) is 6.61 Å². The van der Waals surface area contributed by atoms with Crippen LogP contribution in [0.5, 0.6) is 0 Å². The van der Waals surface area contributed by atoms with Gasteiger partial charge < -0.3 is 14.6 Å². The molecule has 1 saturated carbocycles. The number of hydrogen-bond donors (Lipinski definition) is 1. The van der Waals surface area contributed by atoms with E-state index in [4.69, 9.17) is 4.74 Å². The predicted molar refractivity (Wildman–Crippen MR) is 86.2 cm³/mol. The maximum atomic E-state index is 12.2. The van der Waals surface area contributed by atoms with E-state index in [2.05, 4.69) is 16.0 Å². The van der Waals surface area contributed by atoms with E-state index in [0.29, 0.717) is 12.0 Å². The van der Waals surface area contributed by atoms with Gasteiger partial charge >= 0.3 is 0 Å². The number of pyridine rings is 1. The minimum absolute atomic E-state index is 0.195. The Bertz CT molecular complexity index is 585. The summed E-state index contributed by atoms with van der Waals surface area (Å²) >= 11 is 0. The molecule has 0 unspecified atom stereocenters. The summed E-state index contributed by atoms with van der Waals surface area (Å²) in [5, 5.41) is 3.72. The molecule has 4 nitrogen and oxygen atoms in total. The van der Waals surface area contributed by atoms with Crippen LogP contribution >= 0.6 is 0 Å². The van der Waals surface area contributed by atoms with Crippen LogP contribution in [0.3, 0.4) is 0 Å². The average molecular weight is 302 g/mol. The normalized spacial score (nSPS) is 27.8. The molecule has 0 radical (unpaired) electrons. The van der Waals surface area contributed by atoms with Crippen molar-refractivity contribution in [2.24, 2.45) is 11.8 Å². The van der Waals surface area contributed by atoms with Gasteiger partial charge in [0.1, 0.15) is 0 Å². The maximum Gasteiger partial charge on any atom is 0.250 e. The topological polar surface area (TPSA) is 43.3 Å². The molecule has 0 bridgehead atoms. The lowest BCUT2D eigenvalue weighted by Gasteiger charge is -2.28. The van der Waals surface area contributed by atoms with E-state index in [9.17, 15) is 4.79 Å². The maximum absolute atomic E-state index is 12.2. The van der Waals surface area contributed by atoms with Gasteiger partial charge in [0.25, 0.3) is 5.56 Å². The first-order valence-corrected chi connectivity index (χ1v) is 8.82. The van der Waals surface area contributed by atoms with Crippen LogP contribution in [-0.2, 0) is 24.1 Å². The van der Waals surface area contributed by atoms with Gasteiger partial charge in [-0.05, 0) is 55.9 Å². The monoisotopic (exact) mass is 302 g/mol. The number of hydrogen-bond acceptors (Lipinski definition) is 3. The van der Waals surface area contributed by atoms with Crippen LogP contribution < -0.4 is 10.9 Å². The Kier molecular flexibility index (Phi) is 4.05. The predicted octanol–water partition coefficient (Wildman–Crippen LogP) is 1.74. The molecule has 1 aromatic rings. The van der Waals surface area contributed by atoms with Crippen molar-refractivity contribution in [3.63, 3.8) is 0 Å². The molecule has 2 aliphatic carbocycles. The van der Waals surface area contributed by atoms with E-state index in [-0.39, 0.29) is 5.56 Å². The van der Waals surface area contributed by atoms with Crippen LogP contribution in [-0.4, -0.2) is 30.4 Å². The smallest absolute Gasteiger partial charge is 0.250 e. The number of rotatable bonds is 5. The third-order valence-electron chi connectivity index (χ3n) is 5.44. The number of nitrogens with zero attached hydrogens (tertiary/aromatic N) is 1. The fourth-order valence-electron chi connectivity index (χ4n) is 3.83. The van der Waals surface area contributed by atoms with Crippen molar-refractivity contribution >= 4 is 0 Å². The third-order valence-corrected chi connectivity index (χ3v) is 5.44. The molecule has 0 amide bonds. The summed E-state index contributed by atoms with van der Waals surface area (Å²) in [7, 11) is 0. The lowest BCUT2D eigenvalue weighted by atomic mass is 9.91. The summed E-state index contributed by atoms with van der Waals surface area (Å²) in [6, 6.07) is 4.39. The molecule has 2 atom stereocenters. The quantitative estimate of drug-likeness (QED) is 0.901. The zero-order valence-corrected chi connectivity index (χ0v) is 13.2. The molecule has 2 fully saturated rings. The minimum atomic E-state index is 0.195. The SMILES string of the molecule is O=c1ccc2c(n1CC1CC1)CC[C@@H](NC[C@@H]1CCOC1)C2. The summed E-state index contributed by atoms with van der Waals surface area (Å²) in [6.45, 7) is 3.85. The van der Waals surface area contributed by atoms with Crippen LogP contribution in [0.1, 0.15) is 36.9 Å². The molecule has 1 aliphatic heterocycles. The van der Waals surface area contributed by atoms with Crippen molar-refractivity contribution in [1.82, 2.24) is 9.88 Å². The van der Waals surface area contributed by atoms with Gasteiger partial charge in [-0.15, -0.1) is 0 Å². The van der Waals surface area contributed by atoms with E-state index in [1.807, 2.05) is 0 Å². The Morgan fingerprint density at radius 3 is 2.86 bits per heavy atom. The van der Waals surface area contributed by atoms with Crippen LogP contribution in [0.4, 0.5) is 0 Å². The van der Waals surface area contributed by atoms with Gasteiger partial charge in [-0.25, -0.2) is 0 Å². The molecule has 0 spiro atoms. The highest BCUT2D eigenvalue weighted by Crippen LogP contribution is 2.31. The van der Waals surface area contributed by atoms with Crippen molar-refractivity contribution in [2.45, 2.75) is 51.1 Å². The summed E-state index contributed by atoms with van der Waals surface area (Å²) in [5.74, 6) is 1.44. The minimum Gasteiger partial charge on any atom is -0.381 e. The van der Waals surface area contributed by atoms with Crippen LogP contribution in [0.25, 0.3) is 0 Å². The molecule has 0 aromatic carbocycles. The van der Waals surface area contributed by atoms with Gasteiger partial charge in [-0.1, -0.05) is 6.07 Å². The van der Waals surface area contributed by atoms with E-state index < -0.39 is 0 Å². The first-order valence-electron chi connectivity index (χ1n) is 8.82. The summed E-state index contributed by atoms with van der Waals surface area (Å²) in [6.07, 6.45) is 7.03. The molecule has 4 heteroatoms. The second-order valence-corrected chi connectivity index (χ2v) is 7.28. The average Bonchev–Trinajstić information content (AvgIpc) is 3.20. The van der Waals surface area contributed by atoms with Crippen LogP contribution in [0, 0.1) is 11.8 Å². The number of ether oxygens (including phenoxy) is 1. The Morgan fingerprint density at radius 1 is 1.18 bits per heavy atom. The van der Waals surface area contributed by atoms with Crippen molar-refractivity contribution in [2.75, 3.05) is 19.8 Å². The standard InChI is InChI=1S/C18H26N2O2/c21-18-6-3-15-9-16(19-10-14-7-8-22-12-14)4-5-17(15)20(18)11-13-1-2-13/h3,6,13-14,16,19H,1-2,4-5,7-12H2/t14-,16+/m0/s1. The third kappa shape index (κ3) is 3.13. The molecule has 1 aromatic heterocycles. The summed E-state index contributed by atoms with van der Waals surface area (Å²) < 4.78 is 7.51. The lowest BCUT2D eigenvalue weighted by molar-refractivity contribution is 0.184. The summed E-state index contributed by atoms with van der Waals surface area (Å²) in [5.41, 5.74) is 2.88. The Balaban J connectivity index is 1.43. The zero-order valence-electron chi connectivity index (χ0n) is 13.2. The highest BCUT2D eigenvalue weighted by molar-refractivity contribution is 5.25. The molecule has 22 heavy (non-hydrogen) atoms. The van der Waals surface area contributed by atoms with Gasteiger partial charge in [0.2, 0.25) is 0 Å². The van der Waals surface area contributed by atoms with E-state index in [1.165, 1.54) is 30.5 Å². The zero-order chi connectivity index (χ0) is 14.9. The largest absolute Gasteiger partial charge is 0.381 e. The Morgan fingerprint density at radius 2 is 2.09 bits per heavy atom. The van der Waals surface area contributed by atoms with Crippen molar-refractivity contribution in [3.05, 3.63) is 33.7 Å². The second-order valence-electron chi connectivity index (χ2n) is 7.28. The molecule has 1 saturated heterocycles. The fraction of sp³-hybridized carbons (Fsp3) is 0.722. The van der Waals surface area contributed by atoms with Crippen molar-refractivity contribution in [1.29, 1.82) is 0 Å². The highest BCUT2D eigenvalue weighted by atomic mass is 16.5. The van der Waals surface area contributed by atoms with Gasteiger partial charge in [-0.2, -0.15) is 0 Å². The molecular weight excluding hydrogens is 276 g/mol. The number of aromatic nitrogens is 1. The Labute approximate surface area is 131 Å². The van der Waals surface area contributed by atoms with E-state index in [0.717, 1.165) is 51.5 Å². The summed E-state index contributed by atoms with van der Waals surface area (Å²) in [4.78, 5) is 12.2. The van der Waals surface area contributed by atoms with Gasteiger partial charge in [-0.3, -0.25) is 4.79 Å². The lowest BCUT2D eigenvalue weighted by Crippen LogP contribution is -2.39. The second kappa shape index (κ2) is 6.17. The fourth-order valence-corrected chi connectivity index (χ4v) is 3.83. The van der Waals surface area contributed by atoms with Crippen molar-refractivity contribution < 1.29 is 4.74 Å². The van der Waals surface area contributed by atoms with Crippen LogP contribution in [0.2, 0.25) is 0 Å². The van der Waals surface area contributed by atoms with Gasteiger partial charge in [0, 0.05) is 37.5 Å². The first kappa shape index (κ1) is 14.5. The molecule has 1 N–H and O–H groups in total. The van der Waals surface area contributed by atoms with Crippen LogP contribution in [0.15, 0.2) is 16.9 Å². The first-order chi connectivity index (χ1) is 10.8. The highest BCUT2D eigenvalue weighted by Gasteiger charge is 2.27. The number of nitrogens with one attached hydrogen (secondary N) is 1. The van der Waals surface area contributed by atoms with E-state index in [1.54, 1.807) is 6.07 Å². The molecule has 3 aliphatic rings. The molecule has 4 rings (SSSR count).